The number of rotatable bonds is 9. The van der Waals surface area contributed by atoms with Crippen molar-refractivity contribution in [3.05, 3.63) is 12.2 Å². The molecule has 0 saturated carbocycles. The molecule has 0 aromatic carbocycles. The lowest BCUT2D eigenvalue weighted by atomic mass is 10.0. The number of aliphatic hydroxyl groups is 1. The SMILES string of the molecule is C#C[C@@H](Br)O[C@H]1C[C@@H](O)[C@@H](C[C@H](OC(C)=O)[C@@H](Br)C/C=C/CC)O1. The van der Waals surface area contributed by atoms with Crippen molar-refractivity contribution >= 4 is 37.8 Å². The van der Waals surface area contributed by atoms with Crippen LogP contribution in [0.1, 0.15) is 39.5 Å². The Labute approximate surface area is 160 Å². The van der Waals surface area contributed by atoms with Crippen LogP contribution in [0.3, 0.4) is 0 Å². The van der Waals surface area contributed by atoms with E-state index in [1.54, 1.807) is 0 Å². The first-order chi connectivity index (χ1) is 11.4. The van der Waals surface area contributed by atoms with E-state index in [0.717, 1.165) is 12.8 Å². The number of carbonyl (C=O) groups is 1. The zero-order valence-corrected chi connectivity index (χ0v) is 17.0. The number of alkyl halides is 2. The molecule has 0 aromatic heterocycles. The van der Waals surface area contributed by atoms with E-state index in [4.69, 9.17) is 20.6 Å². The maximum atomic E-state index is 11.4. The Morgan fingerprint density at radius 1 is 1.50 bits per heavy atom. The molecule has 1 saturated heterocycles. The lowest BCUT2D eigenvalue weighted by molar-refractivity contribution is -0.155. The van der Waals surface area contributed by atoms with Crippen molar-refractivity contribution in [3.8, 4) is 12.3 Å². The van der Waals surface area contributed by atoms with E-state index in [1.165, 1.54) is 6.92 Å². The summed E-state index contributed by atoms with van der Waals surface area (Å²) in [5, 5.41) is 9.61. The van der Waals surface area contributed by atoms with E-state index in [9.17, 15) is 9.90 Å². The van der Waals surface area contributed by atoms with Crippen LogP contribution >= 0.6 is 31.9 Å². The Morgan fingerprint density at radius 3 is 2.79 bits per heavy atom. The van der Waals surface area contributed by atoms with E-state index in [2.05, 4.69) is 50.8 Å². The van der Waals surface area contributed by atoms with E-state index in [-0.39, 0.29) is 10.8 Å². The fourth-order valence-electron chi connectivity index (χ4n) is 2.42. The van der Waals surface area contributed by atoms with Gasteiger partial charge in [0.05, 0.1) is 17.0 Å². The Hall–Kier alpha value is -0.390. The summed E-state index contributed by atoms with van der Waals surface area (Å²) in [6, 6.07) is 0. The molecule has 24 heavy (non-hydrogen) atoms. The maximum absolute atomic E-state index is 11.4. The first kappa shape index (κ1) is 21.7. The highest BCUT2D eigenvalue weighted by Gasteiger charge is 2.38. The van der Waals surface area contributed by atoms with Crippen LogP contribution in [0.2, 0.25) is 0 Å². The summed E-state index contributed by atoms with van der Waals surface area (Å²) in [6.45, 7) is 3.42. The van der Waals surface area contributed by atoms with Crippen LogP contribution < -0.4 is 0 Å². The molecule has 0 bridgehead atoms. The molecule has 5 nitrogen and oxygen atoms in total. The lowest BCUT2D eigenvalue weighted by Crippen LogP contribution is -2.34. The van der Waals surface area contributed by atoms with Crippen molar-refractivity contribution in [3.63, 3.8) is 0 Å². The second-order valence-corrected chi connectivity index (χ2v) is 7.55. The van der Waals surface area contributed by atoms with Gasteiger partial charge in [0.15, 0.2) is 11.3 Å². The summed E-state index contributed by atoms with van der Waals surface area (Å²) in [5.74, 6) is 2.02. The normalized spacial score (nSPS) is 27.6. The average Bonchev–Trinajstić information content (AvgIpc) is 2.85. The molecule has 7 heteroatoms. The van der Waals surface area contributed by atoms with Crippen LogP contribution in [0.25, 0.3) is 0 Å². The minimum Gasteiger partial charge on any atom is -0.461 e. The summed E-state index contributed by atoms with van der Waals surface area (Å²) < 4.78 is 16.5. The van der Waals surface area contributed by atoms with Gasteiger partial charge in [0.1, 0.15) is 6.10 Å². The standard InChI is InChI=1S/C17H24Br2O5/c1-4-6-7-8-12(18)14(22-11(3)20)10-15-13(21)9-17(23-15)24-16(19)5-2/h2,6-7,12-17,21H,4,8-10H2,1,3H3/b7-6+/t12-,13+,14-,15+,16-,17-/m0/s1. The quantitative estimate of drug-likeness (QED) is 0.244. The highest BCUT2D eigenvalue weighted by atomic mass is 79.9. The monoisotopic (exact) mass is 466 g/mol. The minimum absolute atomic E-state index is 0.0606. The van der Waals surface area contributed by atoms with Crippen LogP contribution in [-0.2, 0) is 19.0 Å². The van der Waals surface area contributed by atoms with Crippen LogP contribution in [0.4, 0.5) is 0 Å². The van der Waals surface area contributed by atoms with Gasteiger partial charge in [-0.15, -0.1) is 6.42 Å². The first-order valence-electron chi connectivity index (χ1n) is 7.92. The Bertz CT molecular complexity index is 462. The van der Waals surface area contributed by atoms with Crippen molar-refractivity contribution in [2.75, 3.05) is 0 Å². The highest BCUT2D eigenvalue weighted by Crippen LogP contribution is 2.29. The Kier molecular flexibility index (Phi) is 10.2. The fraction of sp³-hybridized carbons (Fsp3) is 0.706. The molecule has 0 spiro atoms. The topological polar surface area (TPSA) is 65.0 Å². The molecular weight excluding hydrogens is 444 g/mol. The number of halogens is 2. The molecule has 136 valence electrons. The van der Waals surface area contributed by atoms with Gasteiger partial charge in [-0.25, -0.2) is 0 Å². The molecular formula is C17H24Br2O5. The summed E-state index contributed by atoms with van der Waals surface area (Å²) in [4.78, 5) is 11.3. The second-order valence-electron chi connectivity index (χ2n) is 5.54. The predicted molar refractivity (Wildman–Crippen MR) is 98.9 cm³/mol. The smallest absolute Gasteiger partial charge is 0.302 e. The summed E-state index contributed by atoms with van der Waals surface area (Å²) >= 11 is 6.73. The highest BCUT2D eigenvalue weighted by molar-refractivity contribution is 9.09. The van der Waals surface area contributed by atoms with Gasteiger partial charge in [-0.3, -0.25) is 4.79 Å². The Morgan fingerprint density at radius 2 is 2.21 bits per heavy atom. The van der Waals surface area contributed by atoms with E-state index in [0.29, 0.717) is 12.8 Å². The molecule has 1 rings (SSSR count). The number of esters is 1. The molecule has 1 N–H and O–H groups in total. The molecule has 6 atom stereocenters. The van der Waals surface area contributed by atoms with E-state index in [1.807, 2.05) is 6.08 Å². The van der Waals surface area contributed by atoms with Crippen LogP contribution in [-0.4, -0.2) is 45.5 Å². The van der Waals surface area contributed by atoms with Gasteiger partial charge in [-0.2, -0.15) is 0 Å². The van der Waals surface area contributed by atoms with Gasteiger partial charge in [-0.05, 0) is 28.8 Å². The van der Waals surface area contributed by atoms with Crippen LogP contribution in [0.5, 0.6) is 0 Å². The molecule has 0 aliphatic carbocycles. The third-order valence-corrected chi connectivity index (χ3v) is 4.98. The number of terminal acetylenes is 1. The van der Waals surface area contributed by atoms with E-state index < -0.39 is 29.6 Å². The van der Waals surface area contributed by atoms with Gasteiger partial charge in [-0.1, -0.05) is 40.9 Å². The predicted octanol–water partition coefficient (Wildman–Crippen LogP) is 3.27. The van der Waals surface area contributed by atoms with Gasteiger partial charge in [0, 0.05) is 19.8 Å². The number of carbonyl (C=O) groups excluding carboxylic acids is 1. The number of hydrogen-bond acceptors (Lipinski definition) is 5. The van der Waals surface area contributed by atoms with Crippen molar-refractivity contribution in [2.24, 2.45) is 0 Å². The molecule has 1 aliphatic heterocycles. The summed E-state index contributed by atoms with van der Waals surface area (Å²) in [6.07, 6.45) is 9.53. The maximum Gasteiger partial charge on any atom is 0.302 e. The molecule has 0 amide bonds. The van der Waals surface area contributed by atoms with Crippen LogP contribution in [0, 0.1) is 12.3 Å². The van der Waals surface area contributed by atoms with E-state index >= 15 is 0 Å². The molecule has 0 radical (unpaired) electrons. The number of hydrogen-bond donors (Lipinski definition) is 1. The third kappa shape index (κ3) is 7.66. The van der Waals surface area contributed by atoms with Gasteiger partial charge in [0.2, 0.25) is 0 Å². The third-order valence-electron chi connectivity index (χ3n) is 3.54. The first-order valence-corrected chi connectivity index (χ1v) is 9.75. The molecule has 1 heterocycles. The number of allylic oxidation sites excluding steroid dienone is 2. The van der Waals surface area contributed by atoms with Crippen molar-refractivity contribution in [1.29, 1.82) is 0 Å². The molecule has 0 aromatic rings. The van der Waals surface area contributed by atoms with Gasteiger partial charge in [0.25, 0.3) is 0 Å². The summed E-state index contributed by atoms with van der Waals surface area (Å²) in [5.41, 5.74) is 0. The minimum atomic E-state index is -0.698. The zero-order chi connectivity index (χ0) is 18.1. The second kappa shape index (κ2) is 11.3. The molecule has 1 fully saturated rings. The average molecular weight is 468 g/mol. The lowest BCUT2D eigenvalue weighted by Gasteiger charge is -2.25. The van der Waals surface area contributed by atoms with Gasteiger partial charge < -0.3 is 19.3 Å². The molecule has 1 aliphatic rings. The Balaban J connectivity index is 2.63. The summed E-state index contributed by atoms with van der Waals surface area (Å²) in [7, 11) is 0. The molecule has 0 unspecified atom stereocenters. The van der Waals surface area contributed by atoms with Crippen molar-refractivity contribution in [2.45, 2.75) is 74.0 Å². The van der Waals surface area contributed by atoms with Crippen molar-refractivity contribution < 1.29 is 24.1 Å². The van der Waals surface area contributed by atoms with Crippen LogP contribution in [0.15, 0.2) is 12.2 Å². The van der Waals surface area contributed by atoms with Crippen molar-refractivity contribution in [1.82, 2.24) is 0 Å². The number of ether oxygens (including phenoxy) is 3. The fourth-order valence-corrected chi connectivity index (χ4v) is 3.20. The largest absolute Gasteiger partial charge is 0.461 e. The number of aliphatic hydroxyl groups excluding tert-OH is 1. The zero-order valence-electron chi connectivity index (χ0n) is 13.9. The van der Waals surface area contributed by atoms with Gasteiger partial charge >= 0.3 is 5.97 Å².